The van der Waals surface area contributed by atoms with E-state index in [1.807, 2.05) is 10.5 Å². The molecule has 31 heavy (non-hydrogen) atoms. The van der Waals surface area contributed by atoms with E-state index in [0.717, 1.165) is 29.5 Å². The zero-order valence-corrected chi connectivity index (χ0v) is 16.9. The monoisotopic (exact) mass is 448 g/mol. The van der Waals surface area contributed by atoms with E-state index >= 15 is 0 Å². The van der Waals surface area contributed by atoms with Gasteiger partial charge in [-0.3, -0.25) is 4.40 Å². The van der Waals surface area contributed by atoms with Crippen molar-refractivity contribution in [3.63, 3.8) is 0 Å². The van der Waals surface area contributed by atoms with Crippen molar-refractivity contribution >= 4 is 26.8 Å². The van der Waals surface area contributed by atoms with Gasteiger partial charge in [0.15, 0.2) is 11.3 Å². The van der Waals surface area contributed by atoms with E-state index in [2.05, 4.69) is 29.6 Å². The lowest BCUT2D eigenvalue weighted by Gasteiger charge is -2.14. The highest BCUT2D eigenvalue weighted by molar-refractivity contribution is 7.89. The number of ether oxygens (including phenoxy) is 1. The van der Waals surface area contributed by atoms with Gasteiger partial charge < -0.3 is 9.72 Å². The topological polar surface area (TPSA) is 114 Å². The third kappa shape index (κ3) is 3.72. The van der Waals surface area contributed by atoms with Gasteiger partial charge in [-0.25, -0.2) is 18.1 Å². The number of sulfonamides is 1. The van der Waals surface area contributed by atoms with E-state index in [4.69, 9.17) is 0 Å². The van der Waals surface area contributed by atoms with Gasteiger partial charge in [-0.2, -0.15) is 8.78 Å². The third-order valence-corrected chi connectivity index (χ3v) is 6.95. The largest absolute Gasteiger partial charge is 0.435 e. The number of aromatic nitrogens is 5. The molecule has 12 heteroatoms. The fourth-order valence-corrected chi connectivity index (χ4v) is 5.41. The molecular weight excluding hydrogens is 430 g/mol. The lowest BCUT2D eigenvalue weighted by Crippen LogP contribution is -2.33. The molecule has 0 radical (unpaired) electrons. The molecule has 162 valence electrons. The Labute approximate surface area is 175 Å². The maximum atomic E-state index is 12.8. The smallest absolute Gasteiger partial charge is 0.387 e. The van der Waals surface area contributed by atoms with Crippen molar-refractivity contribution in [1.82, 2.24) is 29.3 Å². The van der Waals surface area contributed by atoms with E-state index in [1.165, 1.54) is 18.2 Å². The molecule has 1 fully saturated rings. The highest BCUT2D eigenvalue weighted by Crippen LogP contribution is 2.35. The maximum Gasteiger partial charge on any atom is 0.387 e. The second-order valence-corrected chi connectivity index (χ2v) is 9.12. The van der Waals surface area contributed by atoms with Gasteiger partial charge in [-0.1, -0.05) is 6.07 Å². The standard InChI is InChI=1S/C19H18F2N6O3S/c20-19(21)30-13-2-1-3-14(9-13)31(28,29)26-12-5-4-11(8-12)18-25-24-16-10-23-17-15(27(16)18)6-7-22-17/h1-3,6-7,9-12,19,22,26H,4-5,8H2/t11-,12+/m1/s1. The number of nitrogens with zero attached hydrogens (tertiary/aromatic N) is 4. The molecule has 0 bridgehead atoms. The van der Waals surface area contributed by atoms with Gasteiger partial charge in [-0.15, -0.1) is 10.2 Å². The molecule has 3 aromatic heterocycles. The molecule has 0 saturated heterocycles. The van der Waals surface area contributed by atoms with Crippen LogP contribution >= 0.6 is 0 Å². The Kier molecular flexibility index (Phi) is 4.82. The maximum absolute atomic E-state index is 12.8. The minimum atomic E-state index is -3.90. The molecule has 0 spiro atoms. The first kappa shape index (κ1) is 19.8. The predicted octanol–water partition coefficient (Wildman–Crippen LogP) is 2.82. The van der Waals surface area contributed by atoms with E-state index in [9.17, 15) is 17.2 Å². The summed E-state index contributed by atoms with van der Waals surface area (Å²) in [5, 5.41) is 8.53. The van der Waals surface area contributed by atoms with Gasteiger partial charge in [0.05, 0.1) is 16.6 Å². The summed E-state index contributed by atoms with van der Waals surface area (Å²) in [5.74, 6) is 0.564. The molecule has 3 heterocycles. The van der Waals surface area contributed by atoms with Gasteiger partial charge in [0, 0.05) is 24.2 Å². The van der Waals surface area contributed by atoms with Crippen molar-refractivity contribution in [2.45, 2.75) is 42.7 Å². The Morgan fingerprint density at radius 2 is 2.10 bits per heavy atom. The SMILES string of the molecule is O=S(=O)(N[C@H]1CC[C@@H](c2nnc3cnc4[nH]ccc4n23)C1)c1cccc(OC(F)F)c1. The molecule has 0 aliphatic heterocycles. The van der Waals surface area contributed by atoms with Crippen molar-refractivity contribution in [3.05, 3.63) is 48.5 Å². The zero-order chi connectivity index (χ0) is 21.6. The van der Waals surface area contributed by atoms with E-state index < -0.39 is 16.6 Å². The molecule has 1 aliphatic rings. The van der Waals surface area contributed by atoms with Crippen LogP contribution in [0.25, 0.3) is 16.8 Å². The van der Waals surface area contributed by atoms with Crippen LogP contribution in [0.2, 0.25) is 0 Å². The highest BCUT2D eigenvalue weighted by Gasteiger charge is 2.32. The molecule has 5 rings (SSSR count). The summed E-state index contributed by atoms with van der Waals surface area (Å²) in [5.41, 5.74) is 2.20. The molecular formula is C19H18F2N6O3S. The van der Waals surface area contributed by atoms with E-state index in [-0.39, 0.29) is 22.6 Å². The first-order chi connectivity index (χ1) is 14.9. The van der Waals surface area contributed by atoms with Gasteiger partial charge in [0.1, 0.15) is 11.6 Å². The van der Waals surface area contributed by atoms with Crippen molar-refractivity contribution in [2.24, 2.45) is 0 Å². The fraction of sp³-hybridized carbons (Fsp3) is 0.316. The number of benzene rings is 1. The van der Waals surface area contributed by atoms with Crippen LogP contribution < -0.4 is 9.46 Å². The van der Waals surface area contributed by atoms with Gasteiger partial charge in [-0.05, 0) is 37.5 Å². The summed E-state index contributed by atoms with van der Waals surface area (Å²) in [7, 11) is -3.90. The minimum absolute atomic E-state index is 0.0108. The summed E-state index contributed by atoms with van der Waals surface area (Å²) in [4.78, 5) is 7.24. The summed E-state index contributed by atoms with van der Waals surface area (Å²) in [6.07, 6.45) is 5.32. The Bertz CT molecular complexity index is 1350. The Morgan fingerprint density at radius 1 is 1.23 bits per heavy atom. The first-order valence-corrected chi connectivity index (χ1v) is 11.1. The average molecular weight is 448 g/mol. The summed E-state index contributed by atoms with van der Waals surface area (Å²) >= 11 is 0. The number of rotatable bonds is 6. The number of halogens is 2. The minimum Gasteiger partial charge on any atom is -0.435 e. The summed E-state index contributed by atoms with van der Waals surface area (Å²) in [6.45, 7) is -3.03. The van der Waals surface area contributed by atoms with Crippen LogP contribution in [-0.2, 0) is 10.0 Å². The van der Waals surface area contributed by atoms with E-state index in [0.29, 0.717) is 18.5 Å². The van der Waals surface area contributed by atoms with Crippen molar-refractivity contribution in [3.8, 4) is 5.75 Å². The highest BCUT2D eigenvalue weighted by atomic mass is 32.2. The quantitative estimate of drug-likeness (QED) is 0.469. The average Bonchev–Trinajstić information content (AvgIpc) is 3.45. The second kappa shape index (κ2) is 7.54. The first-order valence-electron chi connectivity index (χ1n) is 9.65. The Balaban J connectivity index is 1.36. The summed E-state index contributed by atoms with van der Waals surface area (Å²) < 4.78 is 59.3. The lowest BCUT2D eigenvalue weighted by atomic mass is 10.1. The van der Waals surface area contributed by atoms with Crippen LogP contribution in [0, 0.1) is 0 Å². The number of nitrogens with one attached hydrogen (secondary N) is 2. The number of hydrogen-bond donors (Lipinski definition) is 2. The molecule has 9 nitrogen and oxygen atoms in total. The van der Waals surface area contributed by atoms with Crippen LogP contribution in [0.3, 0.4) is 0 Å². The molecule has 4 aromatic rings. The molecule has 1 aliphatic carbocycles. The molecule has 1 aromatic carbocycles. The second-order valence-electron chi connectivity index (χ2n) is 7.40. The number of hydrogen-bond acceptors (Lipinski definition) is 6. The van der Waals surface area contributed by atoms with Crippen molar-refractivity contribution < 1.29 is 21.9 Å². The van der Waals surface area contributed by atoms with Crippen LogP contribution in [-0.4, -0.2) is 45.6 Å². The molecule has 0 amide bonds. The Hall–Kier alpha value is -3.12. The zero-order valence-electron chi connectivity index (χ0n) is 16.1. The normalized spacial score (nSPS) is 19.6. The molecule has 2 atom stereocenters. The van der Waals surface area contributed by atoms with Crippen LogP contribution in [0.4, 0.5) is 8.78 Å². The number of alkyl halides is 2. The van der Waals surface area contributed by atoms with Gasteiger partial charge in [0.25, 0.3) is 0 Å². The van der Waals surface area contributed by atoms with Crippen LogP contribution in [0.15, 0.2) is 47.6 Å². The number of H-pyrrole nitrogens is 1. The van der Waals surface area contributed by atoms with Crippen molar-refractivity contribution in [2.75, 3.05) is 0 Å². The summed E-state index contributed by atoms with van der Waals surface area (Å²) in [6, 6.07) is 6.65. The molecule has 1 saturated carbocycles. The van der Waals surface area contributed by atoms with Crippen molar-refractivity contribution in [1.29, 1.82) is 0 Å². The van der Waals surface area contributed by atoms with E-state index in [1.54, 1.807) is 12.4 Å². The number of fused-ring (bicyclic) bond motifs is 3. The Morgan fingerprint density at radius 3 is 2.94 bits per heavy atom. The fourth-order valence-electron chi connectivity index (χ4n) is 4.09. The molecule has 2 N–H and O–H groups in total. The lowest BCUT2D eigenvalue weighted by molar-refractivity contribution is -0.0499. The van der Waals surface area contributed by atoms with Crippen LogP contribution in [0.1, 0.15) is 31.0 Å². The van der Waals surface area contributed by atoms with Gasteiger partial charge in [0.2, 0.25) is 10.0 Å². The number of aromatic amines is 1. The molecule has 0 unspecified atom stereocenters. The van der Waals surface area contributed by atoms with Gasteiger partial charge >= 0.3 is 6.61 Å². The predicted molar refractivity (Wildman–Crippen MR) is 106 cm³/mol. The third-order valence-electron chi connectivity index (χ3n) is 5.43. The van der Waals surface area contributed by atoms with Crippen LogP contribution in [0.5, 0.6) is 5.75 Å².